The molecule has 2 rings (SSSR count). The zero-order valence-corrected chi connectivity index (χ0v) is 16.7. The molecule has 2 amide bonds. The summed E-state index contributed by atoms with van der Waals surface area (Å²) in [5, 5.41) is 12.3. The molecule has 1 heterocycles. The van der Waals surface area contributed by atoms with Gasteiger partial charge in [-0.3, -0.25) is 9.69 Å². The van der Waals surface area contributed by atoms with Gasteiger partial charge < -0.3 is 20.1 Å². The maximum Gasteiger partial charge on any atom is 0.321 e. The molecule has 1 aromatic rings. The standard InChI is InChI=1S/C19H28ClN3O4/c1-3-11-27-17-7-6-14(12-16(17)20)21-19(26)23-9-4-5-15(8-10-23)22(2)13-18(24)25/h6-7,12,15H,3-5,8-11,13H2,1-2H3,(H,21,26)(H,24,25). The van der Waals surface area contributed by atoms with E-state index in [2.05, 4.69) is 5.32 Å². The lowest BCUT2D eigenvalue weighted by atomic mass is 10.1. The van der Waals surface area contributed by atoms with E-state index in [0.29, 0.717) is 36.2 Å². The summed E-state index contributed by atoms with van der Waals surface area (Å²) in [4.78, 5) is 27.1. The molecule has 0 saturated carbocycles. The van der Waals surface area contributed by atoms with Crippen LogP contribution >= 0.6 is 11.6 Å². The first-order valence-electron chi connectivity index (χ1n) is 9.31. The average molecular weight is 398 g/mol. The number of hydrogen-bond donors (Lipinski definition) is 2. The minimum absolute atomic E-state index is 0.0157. The molecule has 1 fully saturated rings. The molecule has 2 N–H and O–H groups in total. The third-order valence-electron chi connectivity index (χ3n) is 4.64. The van der Waals surface area contributed by atoms with Crippen molar-refractivity contribution in [1.82, 2.24) is 9.80 Å². The lowest BCUT2D eigenvalue weighted by Crippen LogP contribution is -2.38. The summed E-state index contributed by atoms with van der Waals surface area (Å²) in [5.41, 5.74) is 0.623. The van der Waals surface area contributed by atoms with Crippen LogP contribution in [0.1, 0.15) is 32.6 Å². The van der Waals surface area contributed by atoms with Gasteiger partial charge in [0.2, 0.25) is 0 Å². The van der Waals surface area contributed by atoms with E-state index in [1.165, 1.54) is 0 Å². The number of carboxylic acids is 1. The number of rotatable bonds is 7. The largest absolute Gasteiger partial charge is 0.492 e. The molecule has 1 aliphatic rings. The number of benzene rings is 1. The minimum atomic E-state index is -0.834. The van der Waals surface area contributed by atoms with Crippen molar-refractivity contribution in [3.05, 3.63) is 23.2 Å². The summed E-state index contributed by atoms with van der Waals surface area (Å²) < 4.78 is 5.54. The molecule has 1 aliphatic heterocycles. The van der Waals surface area contributed by atoms with E-state index in [-0.39, 0.29) is 18.6 Å². The number of carboxylic acid groups (broad SMARTS) is 1. The maximum atomic E-state index is 12.6. The van der Waals surface area contributed by atoms with Gasteiger partial charge in [-0.2, -0.15) is 0 Å². The third-order valence-corrected chi connectivity index (χ3v) is 4.93. The predicted octanol–water partition coefficient (Wildman–Crippen LogP) is 3.53. The van der Waals surface area contributed by atoms with Crippen molar-refractivity contribution >= 4 is 29.3 Å². The molecular formula is C19H28ClN3O4. The molecule has 7 nitrogen and oxygen atoms in total. The Kier molecular flexibility index (Phi) is 8.19. The second kappa shape index (κ2) is 10.4. The van der Waals surface area contributed by atoms with Gasteiger partial charge in [0, 0.05) is 24.8 Å². The van der Waals surface area contributed by atoms with Crippen LogP contribution in [0.15, 0.2) is 18.2 Å². The van der Waals surface area contributed by atoms with Crippen molar-refractivity contribution in [3.63, 3.8) is 0 Å². The zero-order chi connectivity index (χ0) is 19.8. The number of likely N-dealkylation sites (N-methyl/N-ethyl adjacent to an activating group) is 1. The Hall–Kier alpha value is -1.99. The molecule has 0 bridgehead atoms. The van der Waals surface area contributed by atoms with E-state index < -0.39 is 5.97 Å². The summed E-state index contributed by atoms with van der Waals surface area (Å²) in [7, 11) is 1.82. The van der Waals surface area contributed by atoms with Gasteiger partial charge in [0.15, 0.2) is 0 Å². The van der Waals surface area contributed by atoms with E-state index in [1.807, 2.05) is 18.9 Å². The highest BCUT2D eigenvalue weighted by molar-refractivity contribution is 6.32. The molecule has 0 radical (unpaired) electrons. The van der Waals surface area contributed by atoms with E-state index in [0.717, 1.165) is 25.7 Å². The van der Waals surface area contributed by atoms with Crippen LogP contribution < -0.4 is 10.1 Å². The topological polar surface area (TPSA) is 82.1 Å². The van der Waals surface area contributed by atoms with Gasteiger partial charge in [-0.05, 0) is 50.9 Å². The fraction of sp³-hybridized carbons (Fsp3) is 0.579. The van der Waals surface area contributed by atoms with Crippen LogP contribution in [-0.4, -0.2) is 66.2 Å². The summed E-state index contributed by atoms with van der Waals surface area (Å²) in [6, 6.07) is 5.22. The monoisotopic (exact) mass is 397 g/mol. The van der Waals surface area contributed by atoms with Crippen molar-refractivity contribution < 1.29 is 19.4 Å². The number of aliphatic carboxylic acids is 1. The molecular weight excluding hydrogens is 370 g/mol. The Morgan fingerprint density at radius 1 is 1.37 bits per heavy atom. The molecule has 150 valence electrons. The van der Waals surface area contributed by atoms with Crippen LogP contribution in [0.3, 0.4) is 0 Å². The number of ether oxygens (including phenoxy) is 1. The number of carbonyl (C=O) groups excluding carboxylic acids is 1. The summed E-state index contributed by atoms with van der Waals surface area (Å²) >= 11 is 6.21. The second-order valence-electron chi connectivity index (χ2n) is 6.80. The van der Waals surface area contributed by atoms with Crippen molar-refractivity contribution in [3.8, 4) is 5.75 Å². The first kappa shape index (κ1) is 21.3. The number of nitrogens with one attached hydrogen (secondary N) is 1. The lowest BCUT2D eigenvalue weighted by Gasteiger charge is -2.25. The molecule has 1 aromatic carbocycles. The number of urea groups is 1. The molecule has 1 atom stereocenters. The smallest absolute Gasteiger partial charge is 0.321 e. The number of amides is 2. The zero-order valence-electron chi connectivity index (χ0n) is 15.9. The Morgan fingerprint density at radius 3 is 2.81 bits per heavy atom. The number of halogens is 1. The van der Waals surface area contributed by atoms with Crippen LogP contribution in [0.25, 0.3) is 0 Å². The van der Waals surface area contributed by atoms with E-state index in [1.54, 1.807) is 23.1 Å². The number of carbonyl (C=O) groups is 2. The van der Waals surface area contributed by atoms with E-state index in [4.69, 9.17) is 21.4 Å². The van der Waals surface area contributed by atoms with Crippen molar-refractivity contribution in [2.45, 2.75) is 38.6 Å². The van der Waals surface area contributed by atoms with Crippen molar-refractivity contribution in [1.29, 1.82) is 0 Å². The lowest BCUT2D eigenvalue weighted by molar-refractivity contribution is -0.138. The molecule has 0 aromatic heterocycles. The van der Waals surface area contributed by atoms with Gasteiger partial charge in [-0.15, -0.1) is 0 Å². The molecule has 8 heteroatoms. The Balaban J connectivity index is 1.90. The normalized spacial score (nSPS) is 17.5. The quantitative estimate of drug-likeness (QED) is 0.735. The summed E-state index contributed by atoms with van der Waals surface area (Å²) in [5.74, 6) is -0.227. The molecule has 0 spiro atoms. The van der Waals surface area contributed by atoms with Gasteiger partial charge in [0.1, 0.15) is 5.75 Å². The van der Waals surface area contributed by atoms with Crippen LogP contribution in [0.4, 0.5) is 10.5 Å². The first-order chi connectivity index (χ1) is 12.9. The van der Waals surface area contributed by atoms with Crippen molar-refractivity contribution in [2.24, 2.45) is 0 Å². The van der Waals surface area contributed by atoms with Crippen LogP contribution in [0, 0.1) is 0 Å². The Bertz CT molecular complexity index is 656. The van der Waals surface area contributed by atoms with E-state index >= 15 is 0 Å². The van der Waals surface area contributed by atoms with Gasteiger partial charge in [0.05, 0.1) is 18.2 Å². The highest BCUT2D eigenvalue weighted by atomic mass is 35.5. The Labute approximate surface area is 165 Å². The number of hydrogen-bond acceptors (Lipinski definition) is 4. The third kappa shape index (κ3) is 6.59. The van der Waals surface area contributed by atoms with Crippen LogP contribution in [0.2, 0.25) is 5.02 Å². The number of likely N-dealkylation sites (tertiary alicyclic amines) is 1. The number of nitrogens with zero attached hydrogens (tertiary/aromatic N) is 2. The first-order valence-corrected chi connectivity index (χ1v) is 9.68. The molecule has 27 heavy (non-hydrogen) atoms. The SMILES string of the molecule is CCCOc1ccc(NC(=O)N2CCCC(N(C)CC(=O)O)CC2)cc1Cl. The number of anilines is 1. The van der Waals surface area contributed by atoms with Gasteiger partial charge in [0.25, 0.3) is 0 Å². The van der Waals surface area contributed by atoms with Crippen molar-refractivity contribution in [2.75, 3.05) is 38.6 Å². The fourth-order valence-electron chi connectivity index (χ4n) is 3.18. The van der Waals surface area contributed by atoms with Gasteiger partial charge >= 0.3 is 12.0 Å². The molecule has 1 unspecified atom stereocenters. The Morgan fingerprint density at radius 2 is 2.15 bits per heavy atom. The van der Waals surface area contributed by atoms with Gasteiger partial charge in [-0.1, -0.05) is 18.5 Å². The fourth-order valence-corrected chi connectivity index (χ4v) is 3.41. The summed E-state index contributed by atoms with van der Waals surface area (Å²) in [6.07, 6.45) is 3.36. The van der Waals surface area contributed by atoms with Crippen LogP contribution in [0.5, 0.6) is 5.75 Å². The van der Waals surface area contributed by atoms with E-state index in [9.17, 15) is 9.59 Å². The highest BCUT2D eigenvalue weighted by Crippen LogP contribution is 2.28. The van der Waals surface area contributed by atoms with Crippen LogP contribution in [-0.2, 0) is 4.79 Å². The highest BCUT2D eigenvalue weighted by Gasteiger charge is 2.24. The second-order valence-corrected chi connectivity index (χ2v) is 7.21. The minimum Gasteiger partial charge on any atom is -0.492 e. The molecule has 0 aliphatic carbocycles. The average Bonchev–Trinajstić information content (AvgIpc) is 2.87. The predicted molar refractivity (Wildman–Crippen MR) is 106 cm³/mol. The molecule has 1 saturated heterocycles. The summed E-state index contributed by atoms with van der Waals surface area (Å²) in [6.45, 7) is 3.87. The van der Waals surface area contributed by atoms with Gasteiger partial charge in [-0.25, -0.2) is 4.79 Å². The maximum absolute atomic E-state index is 12.6.